The highest BCUT2D eigenvalue weighted by Gasteiger charge is 2.39. The van der Waals surface area contributed by atoms with Crippen molar-refractivity contribution in [3.63, 3.8) is 0 Å². The Morgan fingerprint density at radius 1 is 0.750 bits per heavy atom. The number of aromatic hydroxyl groups is 1. The van der Waals surface area contributed by atoms with Crippen molar-refractivity contribution >= 4 is 79.8 Å². The maximum absolute atomic E-state index is 13.8. The number of benzene rings is 6. The molecule has 0 aromatic heterocycles. The van der Waals surface area contributed by atoms with Gasteiger partial charge in [0.15, 0.2) is 5.78 Å². The molecule has 0 unspecified atom stereocenters. The fraction of sp³-hybridized carbons (Fsp3) is 0.0465. The van der Waals surface area contributed by atoms with Gasteiger partial charge in [0, 0.05) is 51.9 Å². The molecule has 56 heavy (non-hydrogen) atoms. The van der Waals surface area contributed by atoms with Crippen LogP contribution in [0.3, 0.4) is 0 Å². The highest BCUT2D eigenvalue weighted by molar-refractivity contribution is 6.56. The average molecular weight is 759 g/mol. The molecule has 0 spiro atoms. The van der Waals surface area contributed by atoms with Crippen LogP contribution in [0.5, 0.6) is 5.75 Å². The van der Waals surface area contributed by atoms with E-state index in [1.807, 2.05) is 42.5 Å². The van der Waals surface area contributed by atoms with Crippen molar-refractivity contribution in [3.05, 3.63) is 154 Å². The van der Waals surface area contributed by atoms with Crippen molar-refractivity contribution in [1.82, 2.24) is 4.90 Å². The molecule has 272 valence electrons. The molecule has 1 heterocycles. The summed E-state index contributed by atoms with van der Waals surface area (Å²) in [5.41, 5.74) is 11.4. The van der Waals surface area contributed by atoms with Crippen LogP contribution in [-0.2, 0) is 21.0 Å². The number of hydrogen-bond donors (Lipinski definition) is 3. The lowest BCUT2D eigenvalue weighted by Gasteiger charge is -2.29. The summed E-state index contributed by atoms with van der Waals surface area (Å²) in [6.45, 7) is 0.00181. The molecule has 2 amide bonds. The van der Waals surface area contributed by atoms with E-state index in [4.69, 9.17) is 16.4 Å². The molecule has 0 radical (unpaired) electrons. The fourth-order valence-corrected chi connectivity index (χ4v) is 7.28. The summed E-state index contributed by atoms with van der Waals surface area (Å²) in [5, 5.41) is 26.6. The van der Waals surface area contributed by atoms with E-state index in [1.165, 1.54) is 13.1 Å². The number of allylic oxidation sites excluding steroid dienone is 1. The van der Waals surface area contributed by atoms with E-state index in [0.29, 0.717) is 66.4 Å². The number of azo groups is 1. The number of phenolic OH excluding ortho intramolecular Hbond substituents is 1. The van der Waals surface area contributed by atoms with Crippen molar-refractivity contribution in [3.8, 4) is 16.9 Å². The Kier molecular flexibility index (Phi) is 8.34. The van der Waals surface area contributed by atoms with Gasteiger partial charge < -0.3 is 5.11 Å². The van der Waals surface area contributed by atoms with Crippen molar-refractivity contribution in [2.45, 2.75) is 6.61 Å². The molecule has 13 heteroatoms. The average Bonchev–Trinajstić information content (AvgIpc) is 3.49. The second-order valence-corrected chi connectivity index (χ2v) is 13.6. The monoisotopic (exact) mass is 758 g/mol. The topological polar surface area (TPSA) is 162 Å². The smallest absolute Gasteiger partial charge is 0.261 e. The highest BCUT2D eigenvalue weighted by atomic mass is 35.5. The maximum atomic E-state index is 13.8. The van der Waals surface area contributed by atoms with Crippen molar-refractivity contribution < 1.29 is 29.1 Å². The van der Waals surface area contributed by atoms with Gasteiger partial charge in [0.05, 0.1) is 27.7 Å². The third-order valence-electron chi connectivity index (χ3n) is 9.89. The van der Waals surface area contributed by atoms with E-state index in [9.17, 15) is 24.3 Å². The van der Waals surface area contributed by atoms with Crippen LogP contribution in [0.25, 0.3) is 27.5 Å². The quantitative estimate of drug-likeness (QED) is 0.0787. The third kappa shape index (κ3) is 5.72. The minimum absolute atomic E-state index is 0.00181. The number of nitrogens with zero attached hydrogens (tertiary/aromatic N) is 4. The molecular formula is C43H27ClN6O6. The van der Waals surface area contributed by atoms with Gasteiger partial charge in [0.2, 0.25) is 5.78 Å². The number of para-hydroxylation sites is 1. The molecule has 9 rings (SSSR count). The largest absolute Gasteiger partial charge is 0.505 e. The predicted octanol–water partition coefficient (Wildman–Crippen LogP) is 8.76. The number of nitrogens with one attached hydrogen (secondary N) is 2. The predicted molar refractivity (Wildman–Crippen MR) is 212 cm³/mol. The molecule has 3 N–H and O–H groups in total. The van der Waals surface area contributed by atoms with Crippen molar-refractivity contribution in [1.29, 1.82) is 0 Å². The van der Waals surface area contributed by atoms with E-state index in [1.54, 1.807) is 66.7 Å². The van der Waals surface area contributed by atoms with Crippen LogP contribution in [0.15, 0.2) is 131 Å². The van der Waals surface area contributed by atoms with Gasteiger partial charge in [-0.05, 0) is 65.0 Å². The van der Waals surface area contributed by atoms with Crippen LogP contribution >= 0.6 is 11.6 Å². The molecular weight excluding hydrogens is 732 g/mol. The first-order valence-electron chi connectivity index (χ1n) is 17.3. The number of carbonyl (C=O) groups excluding carboxylic acids is 4. The third-order valence-corrected chi connectivity index (χ3v) is 10.2. The Bertz CT molecular complexity index is 2850. The summed E-state index contributed by atoms with van der Waals surface area (Å²) in [6.07, 6.45) is 1.20. The summed E-state index contributed by atoms with van der Waals surface area (Å²) < 4.78 is 0. The first-order valence-corrected chi connectivity index (χ1v) is 17.7. The van der Waals surface area contributed by atoms with Crippen LogP contribution in [0.2, 0.25) is 5.02 Å². The van der Waals surface area contributed by atoms with Gasteiger partial charge >= 0.3 is 0 Å². The van der Waals surface area contributed by atoms with Crippen LogP contribution in [0, 0.1) is 0 Å². The Balaban J connectivity index is 0.963. The molecule has 0 bridgehead atoms. The van der Waals surface area contributed by atoms with Gasteiger partial charge in [-0.2, -0.15) is 10.2 Å². The Morgan fingerprint density at radius 2 is 1.50 bits per heavy atom. The number of hydrogen-bond acceptors (Lipinski definition) is 11. The van der Waals surface area contributed by atoms with Gasteiger partial charge in [-0.25, -0.2) is 0 Å². The number of rotatable bonds is 8. The number of carbonyl (C=O) groups is 4. The minimum atomic E-state index is -0.554. The second-order valence-electron chi connectivity index (χ2n) is 13.2. The first kappa shape index (κ1) is 34.5. The molecule has 1 aliphatic heterocycles. The standard InChI is InChI=1S/C43H27ClN6O6/c1-50-42(54)30-10-6-9-29-37(30)33(43(50)55)20-36(51)38(29)47-45-24-13-15-27-28-16-14-25(19-32(28)41(53)31(27)18-24)46-48-39-26-8-3-2-7-22(26)17-23(40(39)52)21-56-49-35-12-5-4-11-34(35)44/h2-20,45,49,52H,21H2,1H3. The Hall–Kier alpha value is -7.28. The summed E-state index contributed by atoms with van der Waals surface area (Å²) >= 11 is 6.22. The number of hydrazone groups is 1. The van der Waals surface area contributed by atoms with Gasteiger partial charge in [-0.1, -0.05) is 72.3 Å². The van der Waals surface area contributed by atoms with E-state index in [0.717, 1.165) is 15.8 Å². The van der Waals surface area contributed by atoms with Crippen LogP contribution < -0.4 is 10.9 Å². The van der Waals surface area contributed by atoms with Crippen molar-refractivity contribution in [2.75, 3.05) is 18.0 Å². The van der Waals surface area contributed by atoms with Crippen LogP contribution in [0.1, 0.15) is 43.0 Å². The molecule has 0 atom stereocenters. The molecule has 2 aliphatic carbocycles. The molecule has 0 fully saturated rings. The number of imide groups is 1. The number of likely N-dealkylation sites (N-methyl/N-ethyl adjacent to an activating group) is 1. The maximum Gasteiger partial charge on any atom is 0.261 e. The second kappa shape index (κ2) is 13.5. The summed E-state index contributed by atoms with van der Waals surface area (Å²) in [4.78, 5) is 59.2. The van der Waals surface area contributed by atoms with Crippen LogP contribution in [-0.4, -0.2) is 46.1 Å². The molecule has 3 aliphatic rings. The number of ketones is 2. The number of fused-ring (bicyclic) bond motifs is 4. The van der Waals surface area contributed by atoms with E-state index < -0.39 is 17.6 Å². The lowest BCUT2D eigenvalue weighted by Crippen LogP contribution is -2.41. The van der Waals surface area contributed by atoms with E-state index in [-0.39, 0.29) is 35.1 Å². The SMILES string of the molecule is CN1C(=O)C2=CC(=O)C(=NNc3ccc4c(c3)C(=O)c3cc(N=Nc5c(O)c(CONc6ccccc6Cl)cc6ccccc56)ccc3-4)c3cccc(c32)C1=O. The Labute approximate surface area is 323 Å². The van der Waals surface area contributed by atoms with Crippen molar-refractivity contribution in [2.24, 2.45) is 15.3 Å². The first-order chi connectivity index (χ1) is 27.2. The molecule has 6 aromatic carbocycles. The minimum Gasteiger partial charge on any atom is -0.505 e. The van der Waals surface area contributed by atoms with Gasteiger partial charge in [-0.15, -0.1) is 5.11 Å². The van der Waals surface area contributed by atoms with Gasteiger partial charge in [0.1, 0.15) is 23.8 Å². The lowest BCUT2D eigenvalue weighted by molar-refractivity contribution is -0.122. The number of phenols is 1. The van der Waals surface area contributed by atoms with E-state index >= 15 is 0 Å². The number of anilines is 2. The molecule has 12 nitrogen and oxygen atoms in total. The summed E-state index contributed by atoms with van der Waals surface area (Å²) in [5.74, 6) is -1.85. The zero-order valence-corrected chi connectivity index (χ0v) is 30.1. The van der Waals surface area contributed by atoms with Crippen LogP contribution in [0.4, 0.5) is 22.7 Å². The molecule has 6 aromatic rings. The summed E-state index contributed by atoms with van der Waals surface area (Å²) in [6, 6.07) is 31.7. The van der Waals surface area contributed by atoms with E-state index in [2.05, 4.69) is 26.2 Å². The molecule has 0 saturated carbocycles. The fourth-order valence-electron chi connectivity index (χ4n) is 7.11. The molecule has 0 saturated heterocycles. The summed E-state index contributed by atoms with van der Waals surface area (Å²) in [7, 11) is 1.38. The normalized spacial score (nSPS) is 15.0. The zero-order valence-electron chi connectivity index (χ0n) is 29.3. The zero-order chi connectivity index (χ0) is 38.7. The lowest BCUT2D eigenvalue weighted by atomic mass is 9.82. The number of amides is 2. The van der Waals surface area contributed by atoms with Gasteiger partial charge in [-0.3, -0.25) is 39.8 Å². The highest BCUT2D eigenvalue weighted by Crippen LogP contribution is 2.42. The van der Waals surface area contributed by atoms with Gasteiger partial charge in [0.25, 0.3) is 11.8 Å². The Morgan fingerprint density at radius 3 is 2.34 bits per heavy atom. The number of halogens is 1.